The molecule has 1 saturated heterocycles. The molecule has 0 aliphatic carbocycles. The van der Waals surface area contributed by atoms with E-state index in [2.05, 4.69) is 0 Å². The van der Waals surface area contributed by atoms with Crippen molar-refractivity contribution >= 4 is 6.09 Å². The first kappa shape index (κ1) is 24.7. The van der Waals surface area contributed by atoms with Crippen LogP contribution in [0.4, 0.5) is 44.3 Å². The molecule has 0 bridgehead atoms. The first-order valence-electron chi connectivity index (χ1n) is 9.42. The number of amides is 1. The van der Waals surface area contributed by atoms with Gasteiger partial charge in [-0.15, -0.1) is 0 Å². The molecule has 2 atom stereocenters. The Labute approximate surface area is 181 Å². The number of aryl methyl sites for hydroxylation is 1. The molecule has 1 amide bonds. The fourth-order valence-electron chi connectivity index (χ4n) is 3.57. The van der Waals surface area contributed by atoms with E-state index in [4.69, 9.17) is 4.74 Å². The summed E-state index contributed by atoms with van der Waals surface area (Å²) < 4.78 is 123. The van der Waals surface area contributed by atoms with Crippen molar-refractivity contribution in [3.05, 3.63) is 69.8 Å². The third-order valence-electron chi connectivity index (χ3n) is 5.31. The van der Waals surface area contributed by atoms with Crippen molar-refractivity contribution in [2.75, 3.05) is 0 Å². The molecule has 3 nitrogen and oxygen atoms in total. The van der Waals surface area contributed by atoms with Crippen molar-refractivity contribution in [2.24, 2.45) is 0 Å². The minimum Gasteiger partial charge on any atom is -0.439 e. The summed E-state index contributed by atoms with van der Waals surface area (Å²) in [6, 6.07) is 2.80. The Hall–Kier alpha value is -2.92. The van der Waals surface area contributed by atoms with Crippen molar-refractivity contribution < 1.29 is 49.0 Å². The molecule has 0 unspecified atom stereocenters. The van der Waals surface area contributed by atoms with Crippen LogP contribution in [0.25, 0.3) is 0 Å². The molecule has 0 radical (unpaired) electrons. The molecule has 33 heavy (non-hydrogen) atoms. The summed E-state index contributed by atoms with van der Waals surface area (Å²) in [6.45, 7) is 2.20. The van der Waals surface area contributed by atoms with Gasteiger partial charge in [0.1, 0.15) is 6.10 Å². The van der Waals surface area contributed by atoms with Gasteiger partial charge < -0.3 is 4.74 Å². The van der Waals surface area contributed by atoms with Gasteiger partial charge in [0.2, 0.25) is 0 Å². The van der Waals surface area contributed by atoms with Crippen LogP contribution < -0.4 is 0 Å². The number of rotatable bonds is 3. The van der Waals surface area contributed by atoms with E-state index >= 15 is 0 Å². The zero-order valence-electron chi connectivity index (χ0n) is 17.0. The third-order valence-corrected chi connectivity index (χ3v) is 5.31. The number of benzene rings is 2. The SMILES string of the molecule is Cc1ccc(C(F)(F)F)cc1[C@H]1OC(=O)N(Cc2cc(C(F)(F)F)cc(C(F)(F)F)c2)[C@@H]1C. The van der Waals surface area contributed by atoms with E-state index in [0.717, 1.165) is 17.0 Å². The van der Waals surface area contributed by atoms with Crippen molar-refractivity contribution in [1.29, 1.82) is 0 Å². The van der Waals surface area contributed by atoms with E-state index < -0.39 is 65.6 Å². The molecular weight excluding hydrogens is 469 g/mol. The Balaban J connectivity index is 1.95. The van der Waals surface area contributed by atoms with Gasteiger partial charge >= 0.3 is 24.6 Å². The lowest BCUT2D eigenvalue weighted by Crippen LogP contribution is -2.31. The Bertz CT molecular complexity index is 1020. The molecule has 0 aromatic heterocycles. The van der Waals surface area contributed by atoms with Crippen LogP contribution in [0.2, 0.25) is 0 Å². The normalized spacial score (nSPS) is 19.7. The van der Waals surface area contributed by atoms with E-state index in [1.165, 1.54) is 19.9 Å². The maximum absolute atomic E-state index is 13.1. The van der Waals surface area contributed by atoms with E-state index in [1.54, 1.807) is 0 Å². The largest absolute Gasteiger partial charge is 0.439 e. The van der Waals surface area contributed by atoms with Crippen LogP contribution in [-0.2, 0) is 29.8 Å². The zero-order valence-corrected chi connectivity index (χ0v) is 17.0. The van der Waals surface area contributed by atoms with Crippen molar-refractivity contribution in [3.8, 4) is 0 Å². The number of cyclic esters (lactones) is 1. The molecule has 3 rings (SSSR count). The molecule has 1 aliphatic rings. The topological polar surface area (TPSA) is 29.5 Å². The summed E-state index contributed by atoms with van der Waals surface area (Å²) >= 11 is 0. The first-order chi connectivity index (χ1) is 15.0. The zero-order chi connectivity index (χ0) is 24.9. The van der Waals surface area contributed by atoms with Crippen LogP contribution in [0.1, 0.15) is 46.4 Å². The van der Waals surface area contributed by atoms with Gasteiger partial charge in [-0.3, -0.25) is 4.90 Å². The molecule has 2 aromatic rings. The predicted molar refractivity (Wildman–Crippen MR) is 96.9 cm³/mol. The summed E-state index contributed by atoms with van der Waals surface area (Å²) in [6.07, 6.45) is -17.1. The quantitative estimate of drug-likeness (QED) is 0.433. The Morgan fingerprint density at radius 1 is 0.818 bits per heavy atom. The molecule has 1 aliphatic heterocycles. The molecule has 0 saturated carbocycles. The lowest BCUT2D eigenvalue weighted by Gasteiger charge is -2.23. The molecule has 2 aromatic carbocycles. The number of nitrogens with zero attached hydrogens (tertiary/aromatic N) is 1. The van der Waals surface area contributed by atoms with Crippen molar-refractivity contribution in [2.45, 2.75) is 51.1 Å². The van der Waals surface area contributed by atoms with Crippen LogP contribution in [-0.4, -0.2) is 17.0 Å². The highest BCUT2D eigenvalue weighted by Crippen LogP contribution is 2.40. The van der Waals surface area contributed by atoms with Crippen LogP contribution in [0.5, 0.6) is 0 Å². The third kappa shape index (κ3) is 5.19. The molecule has 1 fully saturated rings. The van der Waals surface area contributed by atoms with E-state index in [9.17, 15) is 44.3 Å². The van der Waals surface area contributed by atoms with Gasteiger partial charge in [-0.25, -0.2) is 4.79 Å². The van der Waals surface area contributed by atoms with Crippen LogP contribution >= 0.6 is 0 Å². The van der Waals surface area contributed by atoms with Gasteiger partial charge in [-0.2, -0.15) is 39.5 Å². The predicted octanol–water partition coefficient (Wildman–Crippen LogP) is 7.13. The highest BCUT2D eigenvalue weighted by Gasteiger charge is 2.42. The Kier molecular flexibility index (Phi) is 6.10. The summed E-state index contributed by atoms with van der Waals surface area (Å²) in [5, 5.41) is 0. The first-order valence-corrected chi connectivity index (χ1v) is 9.42. The van der Waals surface area contributed by atoms with E-state index in [-0.39, 0.29) is 11.6 Å². The van der Waals surface area contributed by atoms with E-state index in [1.807, 2.05) is 0 Å². The minimum absolute atomic E-state index is 0.0354. The average molecular weight is 485 g/mol. The van der Waals surface area contributed by atoms with Gasteiger partial charge in [0.05, 0.1) is 22.7 Å². The standard InChI is InChI=1S/C21H16F9NO2/c1-10-3-4-13(19(22,23)24)8-16(10)17-11(2)31(18(32)33-17)9-12-5-14(20(25,26)27)7-15(6-12)21(28,29)30/h3-8,11,17H,9H2,1-2H3/t11-,17+/m1/s1. The second-order valence-electron chi connectivity index (χ2n) is 7.66. The number of carbonyl (C=O) groups is 1. The number of hydrogen-bond donors (Lipinski definition) is 0. The minimum atomic E-state index is -5.06. The van der Waals surface area contributed by atoms with Gasteiger partial charge in [0.25, 0.3) is 0 Å². The highest BCUT2D eigenvalue weighted by molar-refractivity contribution is 5.71. The fourth-order valence-corrected chi connectivity index (χ4v) is 3.57. The van der Waals surface area contributed by atoms with Crippen LogP contribution in [0.15, 0.2) is 36.4 Å². The Morgan fingerprint density at radius 2 is 1.33 bits per heavy atom. The van der Waals surface area contributed by atoms with Crippen molar-refractivity contribution in [1.82, 2.24) is 4.90 Å². The van der Waals surface area contributed by atoms with Crippen LogP contribution in [0.3, 0.4) is 0 Å². The monoisotopic (exact) mass is 485 g/mol. The summed E-state index contributed by atoms with van der Waals surface area (Å²) in [7, 11) is 0. The molecule has 180 valence electrons. The summed E-state index contributed by atoms with van der Waals surface area (Å²) in [5.41, 5.74) is -4.13. The summed E-state index contributed by atoms with van der Waals surface area (Å²) in [5.74, 6) is 0. The molecule has 0 N–H and O–H groups in total. The number of hydrogen-bond acceptors (Lipinski definition) is 2. The smallest absolute Gasteiger partial charge is 0.416 e. The van der Waals surface area contributed by atoms with E-state index in [0.29, 0.717) is 17.7 Å². The van der Waals surface area contributed by atoms with Gasteiger partial charge in [-0.05, 0) is 60.9 Å². The van der Waals surface area contributed by atoms with Crippen LogP contribution in [0, 0.1) is 6.92 Å². The second kappa shape index (κ2) is 8.14. The lowest BCUT2D eigenvalue weighted by atomic mass is 9.96. The second-order valence-corrected chi connectivity index (χ2v) is 7.66. The number of carbonyl (C=O) groups excluding carboxylic acids is 1. The van der Waals surface area contributed by atoms with Gasteiger partial charge in [0.15, 0.2) is 0 Å². The number of ether oxygens (including phenoxy) is 1. The highest BCUT2D eigenvalue weighted by atomic mass is 19.4. The maximum atomic E-state index is 13.1. The molecule has 0 spiro atoms. The van der Waals surface area contributed by atoms with Gasteiger partial charge in [-0.1, -0.05) is 6.07 Å². The number of alkyl halides is 9. The maximum Gasteiger partial charge on any atom is 0.416 e. The summed E-state index contributed by atoms with van der Waals surface area (Å²) in [4.78, 5) is 13.2. The Morgan fingerprint density at radius 3 is 1.82 bits per heavy atom. The van der Waals surface area contributed by atoms with Gasteiger partial charge in [0, 0.05) is 6.54 Å². The fraction of sp³-hybridized carbons (Fsp3) is 0.381. The molecule has 1 heterocycles. The van der Waals surface area contributed by atoms with Crippen molar-refractivity contribution in [3.63, 3.8) is 0 Å². The lowest BCUT2D eigenvalue weighted by molar-refractivity contribution is -0.143. The average Bonchev–Trinajstić information content (AvgIpc) is 2.94. The molecule has 12 heteroatoms. The molecular formula is C21H16F9NO2. The number of halogens is 9.